The maximum absolute atomic E-state index is 5.62. The number of aliphatic imine (C=N–C) groups is 1. The summed E-state index contributed by atoms with van der Waals surface area (Å²) in [7, 11) is 2.19. The van der Waals surface area contributed by atoms with Crippen molar-refractivity contribution in [2.75, 3.05) is 26.7 Å². The molecule has 0 unspecified atom stereocenters. The van der Waals surface area contributed by atoms with Crippen LogP contribution in [0.2, 0.25) is 0 Å². The molecule has 0 aromatic rings. The molecule has 0 radical (unpaired) electrons. The summed E-state index contributed by atoms with van der Waals surface area (Å²) in [6, 6.07) is 0.545. The Balaban J connectivity index is 1.83. The van der Waals surface area contributed by atoms with Crippen molar-refractivity contribution >= 4 is 5.96 Å². The second-order valence-electron chi connectivity index (χ2n) is 6.90. The molecule has 0 atom stereocenters. The highest BCUT2D eigenvalue weighted by Crippen LogP contribution is 2.30. The second kappa shape index (κ2) is 7.27. The number of hydrogen-bond acceptors (Lipinski definition) is 3. The summed E-state index contributed by atoms with van der Waals surface area (Å²) in [6.45, 7) is 5.55. The van der Waals surface area contributed by atoms with Gasteiger partial charge in [-0.15, -0.1) is 0 Å². The summed E-state index contributed by atoms with van der Waals surface area (Å²) in [5, 5.41) is 3.47. The van der Waals surface area contributed by atoms with Gasteiger partial charge >= 0.3 is 0 Å². The van der Waals surface area contributed by atoms with E-state index in [9.17, 15) is 0 Å². The molecule has 0 aromatic carbocycles. The van der Waals surface area contributed by atoms with Gasteiger partial charge in [0, 0.05) is 12.6 Å². The number of nitrogens with two attached hydrogens (primary N) is 1. The summed E-state index contributed by atoms with van der Waals surface area (Å²) in [4.78, 5) is 7.10. The van der Waals surface area contributed by atoms with Gasteiger partial charge in [-0.2, -0.15) is 0 Å². The lowest BCUT2D eigenvalue weighted by Gasteiger charge is -2.37. The molecule has 116 valence electrons. The standard InChI is InChI=1S/C15H31N5/c1-15(8-10-20(2)11-9-15)12-17-14(19-16)18-13-6-4-3-5-7-13/h13H,3-12,16H2,1-2H3,(H2,17,18,19). The Labute approximate surface area is 123 Å². The summed E-state index contributed by atoms with van der Waals surface area (Å²) < 4.78 is 0. The summed E-state index contributed by atoms with van der Waals surface area (Å²) in [5.41, 5.74) is 3.07. The molecule has 1 aliphatic heterocycles. The zero-order valence-electron chi connectivity index (χ0n) is 13.1. The molecule has 0 spiro atoms. The first-order chi connectivity index (χ1) is 9.61. The van der Waals surface area contributed by atoms with E-state index in [1.165, 1.54) is 58.0 Å². The minimum absolute atomic E-state index is 0.322. The molecule has 0 amide bonds. The lowest BCUT2D eigenvalue weighted by Crippen LogP contribution is -2.47. The van der Waals surface area contributed by atoms with E-state index in [1.54, 1.807) is 0 Å². The molecular formula is C15H31N5. The molecule has 2 rings (SSSR count). The van der Waals surface area contributed by atoms with E-state index in [4.69, 9.17) is 10.8 Å². The zero-order valence-corrected chi connectivity index (χ0v) is 13.1. The molecule has 1 saturated carbocycles. The van der Waals surface area contributed by atoms with Crippen LogP contribution in [-0.4, -0.2) is 43.6 Å². The molecule has 1 heterocycles. The van der Waals surface area contributed by atoms with Crippen molar-refractivity contribution in [1.82, 2.24) is 15.6 Å². The number of hydrazine groups is 1. The largest absolute Gasteiger partial charge is 0.353 e. The fourth-order valence-electron chi connectivity index (χ4n) is 3.16. The summed E-state index contributed by atoms with van der Waals surface area (Å²) in [5.74, 6) is 6.39. The summed E-state index contributed by atoms with van der Waals surface area (Å²) in [6.07, 6.45) is 8.92. The Morgan fingerprint density at radius 2 is 1.90 bits per heavy atom. The lowest BCUT2D eigenvalue weighted by molar-refractivity contribution is 0.147. The number of piperidine rings is 1. The van der Waals surface area contributed by atoms with Crippen molar-refractivity contribution < 1.29 is 0 Å². The van der Waals surface area contributed by atoms with Crippen LogP contribution in [0.1, 0.15) is 51.9 Å². The summed E-state index contributed by atoms with van der Waals surface area (Å²) >= 11 is 0. The molecule has 0 bridgehead atoms. The van der Waals surface area contributed by atoms with Gasteiger partial charge in [-0.05, 0) is 51.2 Å². The predicted octanol–water partition coefficient (Wildman–Crippen LogP) is 1.46. The van der Waals surface area contributed by atoms with Gasteiger partial charge in [0.05, 0.1) is 0 Å². The van der Waals surface area contributed by atoms with E-state index in [0.29, 0.717) is 11.5 Å². The highest BCUT2D eigenvalue weighted by atomic mass is 15.3. The normalized spacial score (nSPS) is 25.4. The third-order valence-corrected chi connectivity index (χ3v) is 4.90. The molecule has 5 heteroatoms. The Morgan fingerprint density at radius 3 is 2.50 bits per heavy atom. The fourth-order valence-corrected chi connectivity index (χ4v) is 3.16. The first-order valence-corrected chi connectivity index (χ1v) is 8.07. The van der Waals surface area contributed by atoms with E-state index in [-0.39, 0.29) is 0 Å². The van der Waals surface area contributed by atoms with Crippen molar-refractivity contribution in [3.8, 4) is 0 Å². The van der Waals surface area contributed by atoms with Gasteiger partial charge in [0.15, 0.2) is 0 Å². The molecular weight excluding hydrogens is 250 g/mol. The Kier molecular flexibility index (Phi) is 5.66. The van der Waals surface area contributed by atoms with E-state index < -0.39 is 0 Å². The van der Waals surface area contributed by atoms with Gasteiger partial charge in [-0.1, -0.05) is 26.2 Å². The maximum atomic E-state index is 5.62. The molecule has 1 aliphatic carbocycles. The van der Waals surface area contributed by atoms with Crippen LogP contribution in [0.4, 0.5) is 0 Å². The van der Waals surface area contributed by atoms with Crippen molar-refractivity contribution in [2.24, 2.45) is 16.3 Å². The van der Waals surface area contributed by atoms with E-state index in [0.717, 1.165) is 12.5 Å². The van der Waals surface area contributed by atoms with Crippen LogP contribution < -0.4 is 16.6 Å². The molecule has 4 N–H and O–H groups in total. The molecule has 5 nitrogen and oxygen atoms in total. The van der Waals surface area contributed by atoms with Crippen LogP contribution in [0.5, 0.6) is 0 Å². The lowest BCUT2D eigenvalue weighted by atomic mass is 9.80. The first kappa shape index (κ1) is 15.6. The van der Waals surface area contributed by atoms with Crippen LogP contribution in [0.3, 0.4) is 0 Å². The minimum Gasteiger partial charge on any atom is -0.353 e. The topological polar surface area (TPSA) is 65.7 Å². The highest BCUT2D eigenvalue weighted by Gasteiger charge is 2.28. The average Bonchev–Trinajstić information content (AvgIpc) is 2.48. The number of hydrogen-bond donors (Lipinski definition) is 3. The van der Waals surface area contributed by atoms with Gasteiger partial charge in [-0.25, -0.2) is 5.84 Å². The van der Waals surface area contributed by atoms with Gasteiger partial charge in [0.25, 0.3) is 0 Å². The Bertz CT molecular complexity index is 314. The highest BCUT2D eigenvalue weighted by molar-refractivity contribution is 5.79. The molecule has 0 aromatic heterocycles. The number of likely N-dealkylation sites (tertiary alicyclic amines) is 1. The zero-order chi connectivity index (χ0) is 14.4. The van der Waals surface area contributed by atoms with Gasteiger partial charge in [0.1, 0.15) is 0 Å². The first-order valence-electron chi connectivity index (χ1n) is 8.07. The van der Waals surface area contributed by atoms with Gasteiger partial charge in [-0.3, -0.25) is 10.4 Å². The molecule has 2 aliphatic rings. The van der Waals surface area contributed by atoms with Crippen molar-refractivity contribution in [3.63, 3.8) is 0 Å². The molecule has 20 heavy (non-hydrogen) atoms. The molecule has 2 fully saturated rings. The quantitative estimate of drug-likeness (QED) is 0.317. The van der Waals surface area contributed by atoms with E-state index >= 15 is 0 Å². The van der Waals surface area contributed by atoms with E-state index in [1.807, 2.05) is 0 Å². The number of guanidine groups is 1. The average molecular weight is 281 g/mol. The number of rotatable bonds is 3. The Hall–Kier alpha value is -0.810. The van der Waals surface area contributed by atoms with Crippen LogP contribution in [0.15, 0.2) is 4.99 Å². The van der Waals surface area contributed by atoms with Crippen LogP contribution >= 0.6 is 0 Å². The van der Waals surface area contributed by atoms with Crippen molar-refractivity contribution in [1.29, 1.82) is 0 Å². The van der Waals surface area contributed by atoms with Crippen LogP contribution in [-0.2, 0) is 0 Å². The predicted molar refractivity (Wildman–Crippen MR) is 84.5 cm³/mol. The van der Waals surface area contributed by atoms with Crippen LogP contribution in [0, 0.1) is 5.41 Å². The molecule has 1 saturated heterocycles. The maximum Gasteiger partial charge on any atom is 0.205 e. The van der Waals surface area contributed by atoms with Crippen molar-refractivity contribution in [3.05, 3.63) is 0 Å². The van der Waals surface area contributed by atoms with Gasteiger partial charge < -0.3 is 10.2 Å². The SMILES string of the molecule is CN1CCC(C)(CN=C(NN)NC2CCCCC2)CC1. The number of nitrogens with one attached hydrogen (secondary N) is 2. The Morgan fingerprint density at radius 1 is 1.25 bits per heavy atom. The fraction of sp³-hybridized carbons (Fsp3) is 0.933. The second-order valence-corrected chi connectivity index (χ2v) is 6.90. The van der Waals surface area contributed by atoms with Crippen molar-refractivity contribution in [2.45, 2.75) is 57.9 Å². The van der Waals surface area contributed by atoms with Crippen LogP contribution in [0.25, 0.3) is 0 Å². The van der Waals surface area contributed by atoms with E-state index in [2.05, 4.69) is 29.6 Å². The smallest absolute Gasteiger partial charge is 0.205 e. The number of nitrogens with zero attached hydrogens (tertiary/aromatic N) is 2. The third-order valence-electron chi connectivity index (χ3n) is 4.90. The minimum atomic E-state index is 0.322. The monoisotopic (exact) mass is 281 g/mol. The third kappa shape index (κ3) is 4.63. The van der Waals surface area contributed by atoms with Gasteiger partial charge in [0.2, 0.25) is 5.96 Å².